The molecule has 4 aromatic rings. The number of ether oxygens (including phenoxy) is 3. The van der Waals surface area contributed by atoms with Crippen molar-refractivity contribution in [3.8, 4) is 34.5 Å². The fourth-order valence-electron chi connectivity index (χ4n) is 4.45. The number of rotatable bonds is 8. The van der Waals surface area contributed by atoms with Crippen LogP contribution in [0.4, 0.5) is 5.82 Å². The summed E-state index contributed by atoms with van der Waals surface area (Å²) in [5, 5.41) is 16.0. The number of benzene rings is 2. The fourth-order valence-corrected chi connectivity index (χ4v) is 4.45. The summed E-state index contributed by atoms with van der Waals surface area (Å²) in [4.78, 5) is 17.5. The minimum atomic E-state index is -0.246. The molecule has 0 fully saturated rings. The molecule has 0 bridgehead atoms. The highest BCUT2D eigenvalue weighted by Crippen LogP contribution is 2.42. The number of methoxy groups -OCH3 is 2. The summed E-state index contributed by atoms with van der Waals surface area (Å²) in [6.07, 6.45) is 3.50. The van der Waals surface area contributed by atoms with Crippen LogP contribution in [0.3, 0.4) is 0 Å². The second-order valence-corrected chi connectivity index (χ2v) is 8.45. The molecule has 1 aliphatic rings. The summed E-state index contributed by atoms with van der Waals surface area (Å²) in [5.41, 5.74) is 3.96. The van der Waals surface area contributed by atoms with Crippen molar-refractivity contribution in [1.82, 2.24) is 25.0 Å². The number of carbonyl (C=O) groups is 1. The van der Waals surface area contributed by atoms with E-state index in [1.54, 1.807) is 26.5 Å². The Morgan fingerprint density at radius 3 is 2.81 bits per heavy atom. The number of hydrogen-bond acceptors (Lipinski definition) is 8. The number of fused-ring (bicyclic) bond motifs is 1. The summed E-state index contributed by atoms with van der Waals surface area (Å²) < 4.78 is 18.1. The highest BCUT2D eigenvalue weighted by atomic mass is 16.5. The monoisotopic (exact) mass is 498 g/mol. The Kier molecular flexibility index (Phi) is 6.55. The van der Waals surface area contributed by atoms with E-state index in [0.717, 1.165) is 22.4 Å². The summed E-state index contributed by atoms with van der Waals surface area (Å²) in [7, 11) is 3.20. The molecule has 10 nitrogen and oxygen atoms in total. The maximum atomic E-state index is 12.8. The van der Waals surface area contributed by atoms with Gasteiger partial charge in [-0.05, 0) is 36.8 Å². The Morgan fingerprint density at radius 2 is 2.03 bits per heavy atom. The van der Waals surface area contributed by atoms with Gasteiger partial charge in [-0.3, -0.25) is 4.79 Å². The zero-order chi connectivity index (χ0) is 25.9. The predicted octanol–water partition coefficient (Wildman–Crippen LogP) is 4.09. The summed E-state index contributed by atoms with van der Waals surface area (Å²) in [6.45, 7) is 5.94. The third kappa shape index (κ3) is 4.61. The lowest BCUT2D eigenvalue weighted by Crippen LogP contribution is -2.25. The van der Waals surface area contributed by atoms with Gasteiger partial charge in [0.1, 0.15) is 18.2 Å². The third-order valence-corrected chi connectivity index (χ3v) is 6.15. The maximum absolute atomic E-state index is 12.8. The lowest BCUT2D eigenvalue weighted by molar-refractivity contribution is -0.116. The van der Waals surface area contributed by atoms with E-state index in [9.17, 15) is 4.79 Å². The molecule has 0 saturated heterocycles. The van der Waals surface area contributed by atoms with E-state index in [1.807, 2.05) is 49.4 Å². The highest BCUT2D eigenvalue weighted by Gasteiger charge is 2.34. The van der Waals surface area contributed by atoms with Gasteiger partial charge < -0.3 is 19.5 Å². The molecule has 2 aromatic heterocycles. The molecule has 10 heteroatoms. The number of hydrogen-bond donors (Lipinski definition) is 1. The lowest BCUT2D eigenvalue weighted by atomic mass is 9.85. The molecule has 0 radical (unpaired) electrons. The largest absolute Gasteiger partial charge is 0.497 e. The first kappa shape index (κ1) is 24.0. The molecule has 1 amide bonds. The first-order chi connectivity index (χ1) is 18.0. The highest BCUT2D eigenvalue weighted by molar-refractivity contribution is 5.95. The van der Waals surface area contributed by atoms with Crippen molar-refractivity contribution in [2.24, 2.45) is 0 Å². The van der Waals surface area contributed by atoms with E-state index in [4.69, 9.17) is 14.2 Å². The second kappa shape index (κ2) is 10.1. The van der Waals surface area contributed by atoms with Gasteiger partial charge in [-0.1, -0.05) is 30.9 Å². The molecular weight excluding hydrogens is 472 g/mol. The van der Waals surface area contributed by atoms with Crippen molar-refractivity contribution >= 4 is 11.7 Å². The number of nitrogens with zero attached hydrogens (tertiary/aromatic N) is 5. The van der Waals surface area contributed by atoms with Crippen molar-refractivity contribution < 1.29 is 19.0 Å². The van der Waals surface area contributed by atoms with Gasteiger partial charge in [-0.15, -0.1) is 5.10 Å². The van der Waals surface area contributed by atoms with Gasteiger partial charge in [0.15, 0.2) is 11.5 Å². The Balaban J connectivity index is 1.57. The first-order valence-corrected chi connectivity index (χ1v) is 11.7. The van der Waals surface area contributed by atoms with Gasteiger partial charge in [0.25, 0.3) is 5.95 Å². The van der Waals surface area contributed by atoms with E-state index in [2.05, 4.69) is 32.2 Å². The normalized spacial score (nSPS) is 14.5. The summed E-state index contributed by atoms with van der Waals surface area (Å²) in [5.74, 6) is 2.27. The van der Waals surface area contributed by atoms with Crippen LogP contribution in [-0.4, -0.2) is 51.7 Å². The van der Waals surface area contributed by atoms with Gasteiger partial charge in [0.2, 0.25) is 5.91 Å². The molecule has 3 heterocycles. The Bertz CT molecular complexity index is 1480. The molecular formula is C27H26N6O4. The van der Waals surface area contributed by atoms with Crippen LogP contribution >= 0.6 is 0 Å². The van der Waals surface area contributed by atoms with Gasteiger partial charge in [-0.25, -0.2) is 4.98 Å². The maximum Gasteiger partial charge on any atom is 0.272 e. The fraction of sp³-hybridized carbons (Fsp3) is 0.222. The molecule has 188 valence electrons. The third-order valence-electron chi connectivity index (χ3n) is 6.15. The minimum Gasteiger partial charge on any atom is -0.497 e. The summed E-state index contributed by atoms with van der Waals surface area (Å²) >= 11 is 0. The standard InChI is InChI=1S/C27H26N6O4/c1-5-11-37-23-13-17(9-10-22(23)36-4)20-14-24(34)30-26-25(20)16(2)32-33(26)27-29-21(15-28-31-27)18-7-6-8-19(12-18)35-3/h5-10,12-13,15,20H,1,11,14H2,2-4H3,(H,30,34)/t20-/m1/s1. The van der Waals surface area contributed by atoms with Crippen LogP contribution in [0.5, 0.6) is 17.2 Å². The van der Waals surface area contributed by atoms with E-state index in [-0.39, 0.29) is 24.2 Å². The first-order valence-electron chi connectivity index (χ1n) is 11.7. The Labute approximate surface area is 213 Å². The topological polar surface area (TPSA) is 113 Å². The number of anilines is 1. The Morgan fingerprint density at radius 1 is 1.16 bits per heavy atom. The van der Waals surface area contributed by atoms with E-state index < -0.39 is 0 Å². The van der Waals surface area contributed by atoms with Crippen LogP contribution in [0.2, 0.25) is 0 Å². The van der Waals surface area contributed by atoms with Crippen LogP contribution in [0.15, 0.2) is 61.3 Å². The van der Waals surface area contributed by atoms with Crippen molar-refractivity contribution in [1.29, 1.82) is 0 Å². The number of aryl methyl sites for hydroxylation is 1. The van der Waals surface area contributed by atoms with Gasteiger partial charge >= 0.3 is 0 Å². The van der Waals surface area contributed by atoms with Gasteiger partial charge in [0.05, 0.1) is 31.8 Å². The number of carbonyl (C=O) groups excluding carboxylic acids is 1. The number of aromatic nitrogens is 5. The molecule has 37 heavy (non-hydrogen) atoms. The quantitative estimate of drug-likeness (QED) is 0.362. The average molecular weight is 499 g/mol. The smallest absolute Gasteiger partial charge is 0.272 e. The van der Waals surface area contributed by atoms with Crippen molar-refractivity contribution in [2.45, 2.75) is 19.3 Å². The number of amides is 1. The molecule has 2 aromatic carbocycles. The van der Waals surface area contributed by atoms with E-state index >= 15 is 0 Å². The van der Waals surface area contributed by atoms with Crippen LogP contribution in [-0.2, 0) is 4.79 Å². The van der Waals surface area contributed by atoms with E-state index in [1.165, 1.54) is 4.68 Å². The molecule has 0 aliphatic carbocycles. The molecule has 5 rings (SSSR count). The van der Waals surface area contributed by atoms with Crippen LogP contribution in [0.25, 0.3) is 17.2 Å². The minimum absolute atomic E-state index is 0.139. The second-order valence-electron chi connectivity index (χ2n) is 8.45. The zero-order valence-electron chi connectivity index (χ0n) is 20.8. The van der Waals surface area contributed by atoms with Crippen LogP contribution in [0, 0.1) is 6.92 Å². The summed E-state index contributed by atoms with van der Waals surface area (Å²) in [6, 6.07) is 13.2. The Hall–Kier alpha value is -4.73. The van der Waals surface area contributed by atoms with Crippen molar-refractivity contribution in [2.75, 3.05) is 26.1 Å². The van der Waals surface area contributed by atoms with Crippen LogP contribution < -0.4 is 19.5 Å². The average Bonchev–Trinajstić information content (AvgIpc) is 3.27. The lowest BCUT2D eigenvalue weighted by Gasteiger charge is -2.25. The van der Waals surface area contributed by atoms with E-state index in [0.29, 0.717) is 35.4 Å². The van der Waals surface area contributed by atoms with Gasteiger partial charge in [-0.2, -0.15) is 14.9 Å². The molecule has 0 unspecified atom stereocenters. The number of nitrogens with one attached hydrogen (secondary N) is 1. The van der Waals surface area contributed by atoms with Crippen molar-refractivity contribution in [3.05, 3.63) is 78.1 Å². The molecule has 1 N–H and O–H groups in total. The van der Waals surface area contributed by atoms with Crippen LogP contribution in [0.1, 0.15) is 29.2 Å². The predicted molar refractivity (Wildman–Crippen MR) is 137 cm³/mol. The molecule has 0 spiro atoms. The molecule has 1 atom stereocenters. The zero-order valence-corrected chi connectivity index (χ0v) is 20.8. The molecule has 1 aliphatic heterocycles. The van der Waals surface area contributed by atoms with Gasteiger partial charge in [0, 0.05) is 23.5 Å². The SMILES string of the molecule is C=CCOc1cc([C@H]2CC(=O)Nc3c2c(C)nn3-c2nncc(-c3cccc(OC)c3)n2)ccc1OC. The van der Waals surface area contributed by atoms with Crippen molar-refractivity contribution in [3.63, 3.8) is 0 Å². The molecule has 0 saturated carbocycles.